The number of anilines is 1. The van der Waals surface area contributed by atoms with Gasteiger partial charge in [0.2, 0.25) is 11.8 Å². The number of hydrogen-bond donors (Lipinski definition) is 1. The van der Waals surface area contributed by atoms with Crippen LogP contribution in [0.1, 0.15) is 22.8 Å². The van der Waals surface area contributed by atoms with Gasteiger partial charge < -0.3 is 9.73 Å². The highest BCUT2D eigenvalue weighted by atomic mass is 32.1. The molecule has 2 heterocycles. The summed E-state index contributed by atoms with van der Waals surface area (Å²) in [6, 6.07) is 11.9. The average molecular weight is 327 g/mol. The topological polar surface area (TPSA) is 68.0 Å². The van der Waals surface area contributed by atoms with Gasteiger partial charge >= 0.3 is 0 Å². The van der Waals surface area contributed by atoms with E-state index in [0.717, 1.165) is 27.4 Å². The number of nitrogens with one attached hydrogen (secondary N) is 1. The highest BCUT2D eigenvalue weighted by Gasteiger charge is 2.14. The van der Waals surface area contributed by atoms with Crippen molar-refractivity contribution in [3.63, 3.8) is 0 Å². The zero-order chi connectivity index (χ0) is 16.2. The van der Waals surface area contributed by atoms with E-state index in [-0.39, 0.29) is 5.91 Å². The molecule has 0 atom stereocenters. The maximum atomic E-state index is 12.1. The van der Waals surface area contributed by atoms with Gasteiger partial charge in [-0.05, 0) is 25.0 Å². The second-order valence-electron chi connectivity index (χ2n) is 5.24. The predicted octanol–water partition coefficient (Wildman–Crippen LogP) is 3.99. The normalized spacial score (nSPS) is 10.7. The number of thiophene rings is 1. The second-order valence-corrected chi connectivity index (χ2v) is 6.50. The van der Waals surface area contributed by atoms with Gasteiger partial charge in [-0.1, -0.05) is 30.3 Å². The number of aromatic nitrogens is 2. The lowest BCUT2D eigenvalue weighted by Gasteiger charge is -2.04. The van der Waals surface area contributed by atoms with Crippen molar-refractivity contribution < 1.29 is 9.21 Å². The minimum Gasteiger partial charge on any atom is -0.420 e. The Bertz CT molecular complexity index is 808. The molecule has 6 heteroatoms. The third kappa shape index (κ3) is 3.84. The molecule has 3 rings (SSSR count). The molecule has 0 aliphatic rings. The van der Waals surface area contributed by atoms with Crippen LogP contribution in [0.2, 0.25) is 0 Å². The monoisotopic (exact) mass is 327 g/mol. The molecule has 0 aliphatic carbocycles. The number of benzene rings is 1. The van der Waals surface area contributed by atoms with Crippen LogP contribution < -0.4 is 5.32 Å². The molecule has 118 valence electrons. The Morgan fingerprint density at radius 1 is 1.22 bits per heavy atom. The van der Waals surface area contributed by atoms with Gasteiger partial charge in [0, 0.05) is 18.2 Å². The lowest BCUT2D eigenvalue weighted by molar-refractivity contribution is -0.116. The number of carbonyl (C=O) groups excluding carboxylic acids is 1. The molecule has 1 aromatic carbocycles. The molecule has 23 heavy (non-hydrogen) atoms. The molecule has 0 fully saturated rings. The zero-order valence-electron chi connectivity index (χ0n) is 13.0. The minimum atomic E-state index is 0.00279. The minimum absolute atomic E-state index is 0.00279. The van der Waals surface area contributed by atoms with Crippen LogP contribution >= 0.6 is 11.3 Å². The fourth-order valence-corrected chi connectivity index (χ4v) is 3.12. The van der Waals surface area contributed by atoms with Crippen molar-refractivity contribution in [3.05, 3.63) is 52.7 Å². The molecule has 0 saturated heterocycles. The summed E-state index contributed by atoms with van der Waals surface area (Å²) in [6.45, 7) is 3.72. The zero-order valence-corrected chi connectivity index (χ0v) is 13.8. The molecule has 0 bridgehead atoms. The van der Waals surface area contributed by atoms with Crippen LogP contribution in [0.3, 0.4) is 0 Å². The fourth-order valence-electron chi connectivity index (χ4n) is 2.22. The van der Waals surface area contributed by atoms with Crippen molar-refractivity contribution in [3.8, 4) is 10.8 Å². The van der Waals surface area contributed by atoms with Crippen molar-refractivity contribution in [1.82, 2.24) is 10.2 Å². The van der Waals surface area contributed by atoms with Gasteiger partial charge in [-0.2, -0.15) is 0 Å². The molecule has 5 nitrogen and oxygen atoms in total. The molecule has 2 aromatic heterocycles. The van der Waals surface area contributed by atoms with Crippen molar-refractivity contribution in [1.29, 1.82) is 0 Å². The number of amides is 1. The third-order valence-corrected chi connectivity index (χ3v) is 4.45. The van der Waals surface area contributed by atoms with E-state index in [2.05, 4.69) is 15.5 Å². The highest BCUT2D eigenvalue weighted by Crippen LogP contribution is 2.33. The summed E-state index contributed by atoms with van der Waals surface area (Å²) in [4.78, 5) is 14.0. The van der Waals surface area contributed by atoms with Crippen LogP contribution in [0.4, 0.5) is 5.69 Å². The summed E-state index contributed by atoms with van der Waals surface area (Å²) in [5.74, 6) is 1.02. The SMILES string of the molecule is Cc1nnc(-c2cc(NC(=O)CCc3ccccc3)c(C)s2)o1. The van der Waals surface area contributed by atoms with Gasteiger partial charge in [0.25, 0.3) is 5.89 Å². The first-order chi connectivity index (χ1) is 11.1. The Labute approximate surface area is 138 Å². The average Bonchev–Trinajstić information content (AvgIpc) is 3.13. The van der Waals surface area contributed by atoms with Crippen LogP contribution in [0.15, 0.2) is 40.8 Å². The molecule has 0 radical (unpaired) electrons. The van der Waals surface area contributed by atoms with Crippen molar-refractivity contribution in [2.75, 3.05) is 5.32 Å². The van der Waals surface area contributed by atoms with Gasteiger partial charge in [-0.15, -0.1) is 21.5 Å². The molecular weight excluding hydrogens is 310 g/mol. The van der Waals surface area contributed by atoms with Crippen molar-refractivity contribution >= 4 is 22.9 Å². The first kappa shape index (κ1) is 15.4. The number of rotatable bonds is 5. The predicted molar refractivity (Wildman–Crippen MR) is 90.5 cm³/mol. The van der Waals surface area contributed by atoms with Crippen LogP contribution in [0, 0.1) is 13.8 Å². The van der Waals surface area contributed by atoms with Gasteiger partial charge in [0.15, 0.2) is 0 Å². The number of nitrogens with zero attached hydrogens (tertiary/aromatic N) is 2. The summed E-state index contributed by atoms with van der Waals surface area (Å²) in [7, 11) is 0. The third-order valence-electron chi connectivity index (χ3n) is 3.41. The van der Waals surface area contributed by atoms with E-state index >= 15 is 0 Å². The summed E-state index contributed by atoms with van der Waals surface area (Å²) in [5.41, 5.74) is 1.96. The molecular formula is C17H17N3O2S. The Morgan fingerprint density at radius 3 is 2.70 bits per heavy atom. The van der Waals surface area contributed by atoms with Gasteiger partial charge in [-0.3, -0.25) is 4.79 Å². The molecule has 0 saturated carbocycles. The maximum absolute atomic E-state index is 12.1. The van der Waals surface area contributed by atoms with E-state index in [1.54, 1.807) is 6.92 Å². The maximum Gasteiger partial charge on any atom is 0.257 e. The van der Waals surface area contributed by atoms with E-state index in [1.807, 2.05) is 43.3 Å². The highest BCUT2D eigenvalue weighted by molar-refractivity contribution is 7.15. The summed E-state index contributed by atoms with van der Waals surface area (Å²) in [5, 5.41) is 10.8. The smallest absolute Gasteiger partial charge is 0.257 e. The van der Waals surface area contributed by atoms with E-state index < -0.39 is 0 Å². The molecule has 1 N–H and O–H groups in total. The van der Waals surface area contributed by atoms with Gasteiger partial charge in [-0.25, -0.2) is 0 Å². The first-order valence-electron chi connectivity index (χ1n) is 7.36. The largest absolute Gasteiger partial charge is 0.420 e. The lowest BCUT2D eigenvalue weighted by atomic mass is 10.1. The first-order valence-corrected chi connectivity index (χ1v) is 8.18. The Hall–Kier alpha value is -2.47. The van der Waals surface area contributed by atoms with E-state index in [9.17, 15) is 4.79 Å². The number of aryl methyl sites for hydroxylation is 3. The quantitative estimate of drug-likeness (QED) is 0.769. The van der Waals surface area contributed by atoms with Gasteiger partial charge in [0.05, 0.1) is 10.6 Å². The number of carbonyl (C=O) groups is 1. The van der Waals surface area contributed by atoms with E-state index in [4.69, 9.17) is 4.42 Å². The molecule has 0 unspecified atom stereocenters. The Kier molecular flexibility index (Phi) is 4.52. The number of hydrogen-bond acceptors (Lipinski definition) is 5. The van der Waals surface area contributed by atoms with Crippen LogP contribution in [0.25, 0.3) is 10.8 Å². The Morgan fingerprint density at radius 2 is 2.00 bits per heavy atom. The van der Waals surface area contributed by atoms with Gasteiger partial charge in [0.1, 0.15) is 0 Å². The fraction of sp³-hybridized carbons (Fsp3) is 0.235. The van der Waals surface area contributed by atoms with Crippen LogP contribution in [0.5, 0.6) is 0 Å². The van der Waals surface area contributed by atoms with Crippen molar-refractivity contribution in [2.24, 2.45) is 0 Å². The van der Waals surface area contributed by atoms with E-state index in [1.165, 1.54) is 11.3 Å². The van der Waals surface area contributed by atoms with Crippen LogP contribution in [-0.2, 0) is 11.2 Å². The summed E-state index contributed by atoms with van der Waals surface area (Å²) >= 11 is 1.53. The summed E-state index contributed by atoms with van der Waals surface area (Å²) in [6.07, 6.45) is 1.18. The lowest BCUT2D eigenvalue weighted by Crippen LogP contribution is -2.12. The second kappa shape index (κ2) is 6.75. The molecule has 3 aromatic rings. The molecule has 1 amide bonds. The van der Waals surface area contributed by atoms with Crippen LogP contribution in [-0.4, -0.2) is 16.1 Å². The molecule has 0 spiro atoms. The van der Waals surface area contributed by atoms with E-state index in [0.29, 0.717) is 18.2 Å². The summed E-state index contributed by atoms with van der Waals surface area (Å²) < 4.78 is 5.42. The standard InChI is InChI=1S/C17H17N3O2S/c1-11-14(10-15(23-11)17-20-19-12(2)22-17)18-16(21)9-8-13-6-4-3-5-7-13/h3-7,10H,8-9H2,1-2H3,(H,18,21). The van der Waals surface area contributed by atoms with Crippen molar-refractivity contribution in [2.45, 2.75) is 26.7 Å². The molecule has 0 aliphatic heterocycles. The Balaban J connectivity index is 1.63.